The summed E-state index contributed by atoms with van der Waals surface area (Å²) in [5.74, 6) is -0.997. The number of aliphatic hydroxyl groups excluding tert-OH is 1. The van der Waals surface area contributed by atoms with Crippen LogP contribution < -0.4 is 5.32 Å². The fourth-order valence-corrected chi connectivity index (χ4v) is 2.97. The summed E-state index contributed by atoms with van der Waals surface area (Å²) in [4.78, 5) is 25.0. The second-order valence-corrected chi connectivity index (χ2v) is 6.59. The van der Waals surface area contributed by atoms with Crippen LogP contribution in [0.25, 0.3) is 0 Å². The number of esters is 1. The van der Waals surface area contributed by atoms with Gasteiger partial charge in [-0.05, 0) is 36.5 Å². The standard InChI is InChI=1S/C21H23NO4/c23-19(16-12-7-13-16)18(22-20(24)17-10-5-2-6-11-17)21(25)26-14-15-8-3-1-4-9-15/h1-6,8-11,16,18-19,23H,7,12-14H2,(H,22,24)/t18-,19-/m0/s1. The summed E-state index contributed by atoms with van der Waals surface area (Å²) in [6, 6.07) is 16.9. The molecule has 2 N–H and O–H groups in total. The third kappa shape index (κ3) is 4.49. The van der Waals surface area contributed by atoms with E-state index < -0.39 is 24.0 Å². The van der Waals surface area contributed by atoms with Crippen LogP contribution in [0, 0.1) is 5.92 Å². The van der Waals surface area contributed by atoms with Crippen molar-refractivity contribution in [1.82, 2.24) is 5.32 Å². The monoisotopic (exact) mass is 353 g/mol. The molecule has 0 aromatic heterocycles. The van der Waals surface area contributed by atoms with Crippen LogP contribution in [-0.4, -0.2) is 29.1 Å². The van der Waals surface area contributed by atoms with E-state index in [1.54, 1.807) is 24.3 Å². The Bertz CT molecular complexity index is 728. The molecule has 2 atom stereocenters. The Labute approximate surface area is 153 Å². The van der Waals surface area contributed by atoms with Crippen molar-refractivity contribution in [2.75, 3.05) is 0 Å². The largest absolute Gasteiger partial charge is 0.459 e. The Hall–Kier alpha value is -2.66. The number of carbonyl (C=O) groups excluding carboxylic acids is 2. The van der Waals surface area contributed by atoms with Crippen LogP contribution in [0.4, 0.5) is 0 Å². The summed E-state index contributed by atoms with van der Waals surface area (Å²) in [7, 11) is 0. The molecule has 1 aliphatic carbocycles. The van der Waals surface area contributed by atoms with E-state index in [9.17, 15) is 14.7 Å². The molecular formula is C21H23NO4. The molecule has 0 radical (unpaired) electrons. The minimum Gasteiger partial charge on any atom is -0.459 e. The topological polar surface area (TPSA) is 75.6 Å². The number of aliphatic hydroxyl groups is 1. The Morgan fingerprint density at radius 2 is 1.65 bits per heavy atom. The molecule has 5 nitrogen and oxygen atoms in total. The SMILES string of the molecule is O=C(N[C@H](C(=O)OCc1ccccc1)[C@@H](O)C1CCC1)c1ccccc1. The van der Waals surface area contributed by atoms with Gasteiger partial charge in [0.05, 0.1) is 6.10 Å². The van der Waals surface area contributed by atoms with Gasteiger partial charge in [-0.2, -0.15) is 0 Å². The van der Waals surface area contributed by atoms with Gasteiger partial charge < -0.3 is 15.2 Å². The van der Waals surface area contributed by atoms with Crippen molar-refractivity contribution in [1.29, 1.82) is 0 Å². The molecule has 0 heterocycles. The Morgan fingerprint density at radius 1 is 1.04 bits per heavy atom. The predicted molar refractivity (Wildman–Crippen MR) is 97.3 cm³/mol. The van der Waals surface area contributed by atoms with Crippen molar-refractivity contribution < 1.29 is 19.4 Å². The number of carbonyl (C=O) groups is 2. The molecule has 136 valence electrons. The third-order valence-electron chi connectivity index (χ3n) is 4.77. The molecule has 1 amide bonds. The van der Waals surface area contributed by atoms with Crippen LogP contribution in [0.3, 0.4) is 0 Å². The van der Waals surface area contributed by atoms with Crippen molar-refractivity contribution in [2.24, 2.45) is 5.92 Å². The van der Waals surface area contributed by atoms with E-state index >= 15 is 0 Å². The molecule has 0 bridgehead atoms. The first kappa shape index (κ1) is 18.1. The van der Waals surface area contributed by atoms with E-state index in [1.807, 2.05) is 36.4 Å². The molecule has 0 aliphatic heterocycles. The highest BCUT2D eigenvalue weighted by Crippen LogP contribution is 2.31. The van der Waals surface area contributed by atoms with Crippen molar-refractivity contribution in [2.45, 2.75) is 38.0 Å². The lowest BCUT2D eigenvalue weighted by atomic mass is 9.78. The number of ether oxygens (including phenoxy) is 1. The van der Waals surface area contributed by atoms with E-state index in [2.05, 4.69) is 5.32 Å². The number of hydrogen-bond donors (Lipinski definition) is 2. The molecule has 0 unspecified atom stereocenters. The van der Waals surface area contributed by atoms with Crippen molar-refractivity contribution >= 4 is 11.9 Å². The van der Waals surface area contributed by atoms with Crippen LogP contribution in [0.2, 0.25) is 0 Å². The van der Waals surface area contributed by atoms with Gasteiger partial charge in [-0.3, -0.25) is 4.79 Å². The molecule has 1 fully saturated rings. The van der Waals surface area contributed by atoms with Gasteiger partial charge >= 0.3 is 5.97 Å². The van der Waals surface area contributed by atoms with Gasteiger partial charge in [-0.1, -0.05) is 55.0 Å². The molecule has 3 rings (SSSR count). The molecule has 0 spiro atoms. The van der Waals surface area contributed by atoms with Crippen molar-refractivity contribution in [3.05, 3.63) is 71.8 Å². The maximum atomic E-state index is 12.6. The second kappa shape index (κ2) is 8.63. The quantitative estimate of drug-likeness (QED) is 0.751. The zero-order valence-corrected chi connectivity index (χ0v) is 14.5. The first-order valence-corrected chi connectivity index (χ1v) is 8.89. The zero-order valence-electron chi connectivity index (χ0n) is 14.5. The number of rotatable bonds is 7. The maximum absolute atomic E-state index is 12.6. The van der Waals surface area contributed by atoms with Crippen LogP contribution in [0.5, 0.6) is 0 Å². The Morgan fingerprint density at radius 3 is 2.23 bits per heavy atom. The van der Waals surface area contributed by atoms with Crippen LogP contribution in [-0.2, 0) is 16.1 Å². The lowest BCUT2D eigenvalue weighted by Crippen LogP contribution is -2.53. The fraction of sp³-hybridized carbons (Fsp3) is 0.333. The van der Waals surface area contributed by atoms with Gasteiger partial charge in [0.25, 0.3) is 5.91 Å². The van der Waals surface area contributed by atoms with Crippen LogP contribution >= 0.6 is 0 Å². The lowest BCUT2D eigenvalue weighted by Gasteiger charge is -2.34. The number of hydrogen-bond acceptors (Lipinski definition) is 4. The Balaban J connectivity index is 1.68. The summed E-state index contributed by atoms with van der Waals surface area (Å²) < 4.78 is 5.35. The minimum absolute atomic E-state index is 0.0142. The average Bonchev–Trinajstić information content (AvgIpc) is 2.64. The highest BCUT2D eigenvalue weighted by molar-refractivity contribution is 5.96. The zero-order chi connectivity index (χ0) is 18.4. The summed E-state index contributed by atoms with van der Waals surface area (Å²) in [5.41, 5.74) is 1.29. The first-order chi connectivity index (χ1) is 12.6. The maximum Gasteiger partial charge on any atom is 0.331 e. The average molecular weight is 353 g/mol. The first-order valence-electron chi connectivity index (χ1n) is 8.89. The molecule has 5 heteroatoms. The van der Waals surface area contributed by atoms with Crippen molar-refractivity contribution in [3.8, 4) is 0 Å². The van der Waals surface area contributed by atoms with Crippen molar-refractivity contribution in [3.63, 3.8) is 0 Å². The van der Waals surface area contributed by atoms with Gasteiger partial charge in [0.1, 0.15) is 6.61 Å². The van der Waals surface area contributed by atoms with E-state index in [-0.39, 0.29) is 12.5 Å². The smallest absolute Gasteiger partial charge is 0.331 e. The molecular weight excluding hydrogens is 330 g/mol. The molecule has 1 saturated carbocycles. The second-order valence-electron chi connectivity index (χ2n) is 6.59. The third-order valence-corrected chi connectivity index (χ3v) is 4.77. The minimum atomic E-state index is -1.07. The normalized spacial score (nSPS) is 16.2. The van der Waals surface area contributed by atoms with Crippen LogP contribution in [0.15, 0.2) is 60.7 Å². The van der Waals surface area contributed by atoms with Gasteiger partial charge in [-0.15, -0.1) is 0 Å². The molecule has 2 aromatic carbocycles. The summed E-state index contributed by atoms with van der Waals surface area (Å²) in [5, 5.41) is 13.2. The number of benzene rings is 2. The van der Waals surface area contributed by atoms with Crippen LogP contribution in [0.1, 0.15) is 35.2 Å². The number of amides is 1. The van der Waals surface area contributed by atoms with Gasteiger partial charge in [-0.25, -0.2) is 4.79 Å². The van der Waals surface area contributed by atoms with E-state index in [4.69, 9.17) is 4.74 Å². The molecule has 2 aromatic rings. The molecule has 0 saturated heterocycles. The van der Waals surface area contributed by atoms with Gasteiger partial charge in [0.15, 0.2) is 6.04 Å². The predicted octanol–water partition coefficient (Wildman–Crippen LogP) is 2.69. The fourth-order valence-electron chi connectivity index (χ4n) is 2.97. The molecule has 26 heavy (non-hydrogen) atoms. The van der Waals surface area contributed by atoms with E-state index in [0.29, 0.717) is 5.56 Å². The van der Waals surface area contributed by atoms with E-state index in [0.717, 1.165) is 24.8 Å². The summed E-state index contributed by atoms with van der Waals surface area (Å²) >= 11 is 0. The van der Waals surface area contributed by atoms with Gasteiger partial charge in [0, 0.05) is 5.56 Å². The summed E-state index contributed by atoms with van der Waals surface area (Å²) in [6.07, 6.45) is 1.79. The molecule has 1 aliphatic rings. The van der Waals surface area contributed by atoms with Gasteiger partial charge in [0.2, 0.25) is 0 Å². The highest BCUT2D eigenvalue weighted by atomic mass is 16.5. The van der Waals surface area contributed by atoms with E-state index in [1.165, 1.54) is 0 Å². The lowest BCUT2D eigenvalue weighted by molar-refractivity contribution is -0.152. The number of nitrogens with one attached hydrogen (secondary N) is 1. The Kier molecular flexibility index (Phi) is 6.02. The highest BCUT2D eigenvalue weighted by Gasteiger charge is 2.38. The summed E-state index contributed by atoms with van der Waals surface area (Å²) in [6.45, 7) is 0.106.